The summed E-state index contributed by atoms with van der Waals surface area (Å²) < 4.78 is 0. The molecule has 0 aromatic heterocycles. The van der Waals surface area contributed by atoms with Crippen molar-refractivity contribution in [1.82, 2.24) is 5.01 Å². The number of hydrogen-bond donors (Lipinski definition) is 2. The summed E-state index contributed by atoms with van der Waals surface area (Å²) in [6.45, 7) is 4.27. The van der Waals surface area contributed by atoms with Gasteiger partial charge in [0.1, 0.15) is 6.04 Å². The Balaban J connectivity index is 3.63. The summed E-state index contributed by atoms with van der Waals surface area (Å²) in [6, 6.07) is -0.582. The van der Waals surface area contributed by atoms with Crippen molar-refractivity contribution in [1.29, 1.82) is 0 Å². The van der Waals surface area contributed by atoms with Gasteiger partial charge in [-0.05, 0) is 13.3 Å². The third-order valence-electron chi connectivity index (χ3n) is 1.62. The van der Waals surface area contributed by atoms with Crippen molar-refractivity contribution < 1.29 is 9.90 Å². The predicted octanol–water partition coefficient (Wildman–Crippen LogP) is 0.435. The summed E-state index contributed by atoms with van der Waals surface area (Å²) in [4.78, 5) is 10.4. The van der Waals surface area contributed by atoms with E-state index in [9.17, 15) is 4.79 Å². The maximum atomic E-state index is 10.4. The van der Waals surface area contributed by atoms with Crippen molar-refractivity contribution in [2.24, 2.45) is 5.84 Å². The van der Waals surface area contributed by atoms with Crippen LogP contribution >= 0.6 is 0 Å². The van der Waals surface area contributed by atoms with Gasteiger partial charge in [0.05, 0.1) is 0 Å². The van der Waals surface area contributed by atoms with Gasteiger partial charge in [-0.15, -0.1) is 0 Å². The van der Waals surface area contributed by atoms with E-state index >= 15 is 0 Å². The molecule has 0 aliphatic heterocycles. The molecule has 0 amide bonds. The standard InChI is InChI=1S/C7H16N2O2/c1-3-4-5-9(8)6(2)7(10)11/h6H,3-5,8H2,1-2H3,(H,10,11). The van der Waals surface area contributed by atoms with Gasteiger partial charge in [0.15, 0.2) is 0 Å². The molecule has 4 heteroatoms. The van der Waals surface area contributed by atoms with Gasteiger partial charge in [0.25, 0.3) is 0 Å². The fraction of sp³-hybridized carbons (Fsp3) is 0.857. The SMILES string of the molecule is CCCCN(N)C(C)C(=O)O. The number of aliphatic carboxylic acids is 1. The Hall–Kier alpha value is -0.610. The van der Waals surface area contributed by atoms with Crippen LogP contribution in [0.15, 0.2) is 0 Å². The van der Waals surface area contributed by atoms with Gasteiger partial charge in [-0.25, -0.2) is 5.01 Å². The number of carboxylic acid groups (broad SMARTS) is 1. The van der Waals surface area contributed by atoms with Crippen LogP contribution in [-0.2, 0) is 4.79 Å². The second kappa shape index (κ2) is 5.09. The van der Waals surface area contributed by atoms with Crippen LogP contribution in [0.1, 0.15) is 26.7 Å². The Morgan fingerprint density at radius 3 is 2.64 bits per heavy atom. The molecule has 4 nitrogen and oxygen atoms in total. The zero-order valence-corrected chi connectivity index (χ0v) is 7.08. The minimum Gasteiger partial charge on any atom is -0.480 e. The number of nitrogens with zero attached hydrogens (tertiary/aromatic N) is 1. The fourth-order valence-electron chi connectivity index (χ4n) is 0.676. The largest absolute Gasteiger partial charge is 0.480 e. The van der Waals surface area contributed by atoms with Crippen molar-refractivity contribution in [2.45, 2.75) is 32.7 Å². The minimum atomic E-state index is -0.872. The molecule has 0 fully saturated rings. The van der Waals surface area contributed by atoms with Crippen LogP contribution in [0.25, 0.3) is 0 Å². The highest BCUT2D eigenvalue weighted by Crippen LogP contribution is 1.95. The molecule has 11 heavy (non-hydrogen) atoms. The molecule has 0 radical (unpaired) electrons. The molecular weight excluding hydrogens is 144 g/mol. The van der Waals surface area contributed by atoms with Crippen LogP contribution in [-0.4, -0.2) is 28.7 Å². The van der Waals surface area contributed by atoms with Gasteiger partial charge in [-0.1, -0.05) is 13.3 Å². The smallest absolute Gasteiger partial charge is 0.322 e. The topological polar surface area (TPSA) is 66.6 Å². The van der Waals surface area contributed by atoms with Gasteiger partial charge in [-0.3, -0.25) is 10.6 Å². The van der Waals surface area contributed by atoms with Crippen molar-refractivity contribution in [3.63, 3.8) is 0 Å². The monoisotopic (exact) mass is 160 g/mol. The molecule has 3 N–H and O–H groups in total. The maximum absolute atomic E-state index is 10.4. The first kappa shape index (κ1) is 10.4. The quantitative estimate of drug-likeness (QED) is 0.452. The van der Waals surface area contributed by atoms with E-state index in [-0.39, 0.29) is 0 Å². The number of carboxylic acids is 1. The van der Waals surface area contributed by atoms with Crippen molar-refractivity contribution >= 4 is 5.97 Å². The fourth-order valence-corrected chi connectivity index (χ4v) is 0.676. The van der Waals surface area contributed by atoms with E-state index in [0.29, 0.717) is 6.54 Å². The van der Waals surface area contributed by atoms with Crippen LogP contribution in [0, 0.1) is 0 Å². The van der Waals surface area contributed by atoms with E-state index in [1.165, 1.54) is 5.01 Å². The zero-order valence-electron chi connectivity index (χ0n) is 7.08. The van der Waals surface area contributed by atoms with Crippen LogP contribution in [0.2, 0.25) is 0 Å². The summed E-state index contributed by atoms with van der Waals surface area (Å²) in [5, 5.41) is 9.88. The van der Waals surface area contributed by atoms with Gasteiger partial charge in [-0.2, -0.15) is 0 Å². The molecule has 0 rings (SSSR count). The number of carbonyl (C=O) groups is 1. The highest BCUT2D eigenvalue weighted by molar-refractivity contribution is 5.72. The highest BCUT2D eigenvalue weighted by Gasteiger charge is 2.15. The Kier molecular flexibility index (Phi) is 4.81. The van der Waals surface area contributed by atoms with Crippen LogP contribution < -0.4 is 5.84 Å². The number of rotatable bonds is 5. The number of unbranched alkanes of at least 4 members (excludes halogenated alkanes) is 1. The Morgan fingerprint density at radius 1 is 1.73 bits per heavy atom. The first-order valence-corrected chi connectivity index (χ1v) is 3.83. The first-order valence-electron chi connectivity index (χ1n) is 3.83. The average molecular weight is 160 g/mol. The highest BCUT2D eigenvalue weighted by atomic mass is 16.4. The molecule has 0 spiro atoms. The van der Waals surface area contributed by atoms with E-state index in [1.54, 1.807) is 6.92 Å². The molecule has 66 valence electrons. The lowest BCUT2D eigenvalue weighted by Crippen LogP contribution is -2.44. The molecule has 1 atom stereocenters. The van der Waals surface area contributed by atoms with Crippen molar-refractivity contribution in [3.05, 3.63) is 0 Å². The molecular formula is C7H16N2O2. The van der Waals surface area contributed by atoms with Gasteiger partial charge in [0.2, 0.25) is 0 Å². The molecule has 0 aromatic rings. The van der Waals surface area contributed by atoms with Crippen LogP contribution in [0.3, 0.4) is 0 Å². The first-order chi connectivity index (χ1) is 5.09. The summed E-state index contributed by atoms with van der Waals surface area (Å²) in [5.74, 6) is 4.59. The predicted molar refractivity (Wildman–Crippen MR) is 42.9 cm³/mol. The molecule has 0 heterocycles. The maximum Gasteiger partial charge on any atom is 0.322 e. The molecule has 0 aliphatic carbocycles. The third kappa shape index (κ3) is 3.95. The van der Waals surface area contributed by atoms with Gasteiger partial charge in [0, 0.05) is 6.54 Å². The number of nitrogens with two attached hydrogens (primary N) is 1. The van der Waals surface area contributed by atoms with Crippen LogP contribution in [0.4, 0.5) is 0 Å². The Labute approximate surface area is 67.0 Å². The lowest BCUT2D eigenvalue weighted by Gasteiger charge is -2.19. The zero-order chi connectivity index (χ0) is 8.85. The molecule has 0 bridgehead atoms. The lowest BCUT2D eigenvalue weighted by molar-refractivity contribution is -0.142. The van der Waals surface area contributed by atoms with E-state index in [0.717, 1.165) is 12.8 Å². The van der Waals surface area contributed by atoms with E-state index in [2.05, 4.69) is 0 Å². The second-order valence-corrected chi connectivity index (χ2v) is 2.61. The minimum absolute atomic E-state index is 0.582. The van der Waals surface area contributed by atoms with Gasteiger partial charge >= 0.3 is 5.97 Å². The Bertz CT molecular complexity index is 128. The number of hydrazine groups is 1. The van der Waals surface area contributed by atoms with E-state index < -0.39 is 12.0 Å². The summed E-state index contributed by atoms with van der Waals surface area (Å²) in [7, 11) is 0. The third-order valence-corrected chi connectivity index (χ3v) is 1.62. The summed E-state index contributed by atoms with van der Waals surface area (Å²) in [6.07, 6.45) is 1.97. The lowest BCUT2D eigenvalue weighted by atomic mass is 10.3. The van der Waals surface area contributed by atoms with E-state index in [4.69, 9.17) is 10.9 Å². The molecule has 0 saturated heterocycles. The van der Waals surface area contributed by atoms with Crippen LogP contribution in [0.5, 0.6) is 0 Å². The van der Waals surface area contributed by atoms with Crippen molar-refractivity contribution in [3.8, 4) is 0 Å². The summed E-state index contributed by atoms with van der Waals surface area (Å²) in [5.41, 5.74) is 0. The normalized spacial score (nSPS) is 13.5. The Morgan fingerprint density at radius 2 is 2.27 bits per heavy atom. The average Bonchev–Trinajstić information content (AvgIpc) is 1.98. The van der Waals surface area contributed by atoms with Crippen molar-refractivity contribution in [2.75, 3.05) is 6.54 Å². The summed E-state index contributed by atoms with van der Waals surface area (Å²) >= 11 is 0. The molecule has 1 unspecified atom stereocenters. The van der Waals surface area contributed by atoms with Gasteiger partial charge < -0.3 is 5.11 Å². The second-order valence-electron chi connectivity index (χ2n) is 2.61. The number of hydrogen-bond acceptors (Lipinski definition) is 3. The molecule has 0 aromatic carbocycles. The molecule has 0 aliphatic rings. The van der Waals surface area contributed by atoms with E-state index in [1.807, 2.05) is 6.92 Å². The molecule has 0 saturated carbocycles.